The van der Waals surface area contributed by atoms with E-state index in [0.29, 0.717) is 13.0 Å². The van der Waals surface area contributed by atoms with Gasteiger partial charge in [0.15, 0.2) is 6.10 Å². The Kier molecular flexibility index (Phi) is 11.2. The van der Waals surface area contributed by atoms with Crippen molar-refractivity contribution < 1.29 is 14.3 Å². The van der Waals surface area contributed by atoms with E-state index in [1.165, 1.54) is 68.6 Å². The van der Waals surface area contributed by atoms with Gasteiger partial charge < -0.3 is 9.47 Å². The molecular formula is C31H42O3. The summed E-state index contributed by atoms with van der Waals surface area (Å²) in [6.07, 6.45) is 14.3. The first kappa shape index (κ1) is 26.1. The fourth-order valence-electron chi connectivity index (χ4n) is 4.65. The highest BCUT2D eigenvalue weighted by Gasteiger charge is 2.22. The highest BCUT2D eigenvalue weighted by molar-refractivity contribution is 6.01. The summed E-state index contributed by atoms with van der Waals surface area (Å²) in [6, 6.07) is 18.7. The highest BCUT2D eigenvalue weighted by Crippen LogP contribution is 2.31. The Morgan fingerprint density at radius 2 is 1.29 bits per heavy atom. The summed E-state index contributed by atoms with van der Waals surface area (Å²) >= 11 is 0. The van der Waals surface area contributed by atoms with Crippen molar-refractivity contribution in [1.82, 2.24) is 0 Å². The zero-order valence-corrected chi connectivity index (χ0v) is 21.2. The largest absolute Gasteiger partial charge is 0.478 e. The normalized spacial score (nSPS) is 12.2. The molecule has 3 aromatic rings. The van der Waals surface area contributed by atoms with Gasteiger partial charge in [0.25, 0.3) is 0 Å². The van der Waals surface area contributed by atoms with Crippen LogP contribution in [0.3, 0.4) is 0 Å². The lowest BCUT2D eigenvalue weighted by atomic mass is 10.0. The minimum Gasteiger partial charge on any atom is -0.478 e. The van der Waals surface area contributed by atoms with E-state index in [1.807, 2.05) is 25.1 Å². The first-order valence-electron chi connectivity index (χ1n) is 13.5. The van der Waals surface area contributed by atoms with E-state index in [0.717, 1.165) is 29.4 Å². The number of hydrogen-bond donors (Lipinski definition) is 0. The predicted octanol–water partition coefficient (Wildman–Crippen LogP) is 9.00. The number of rotatable bonds is 16. The van der Waals surface area contributed by atoms with Gasteiger partial charge in [-0.05, 0) is 54.1 Å². The van der Waals surface area contributed by atoms with Crippen LogP contribution in [0, 0.1) is 0 Å². The maximum atomic E-state index is 12.7. The molecule has 0 bridgehead atoms. The van der Waals surface area contributed by atoms with Crippen LogP contribution in [0.1, 0.15) is 90.9 Å². The maximum Gasteiger partial charge on any atom is 0.347 e. The fourth-order valence-corrected chi connectivity index (χ4v) is 4.65. The zero-order valence-electron chi connectivity index (χ0n) is 21.2. The lowest BCUT2D eigenvalue weighted by Crippen LogP contribution is -2.29. The monoisotopic (exact) mass is 462 g/mol. The topological polar surface area (TPSA) is 35.5 Å². The van der Waals surface area contributed by atoms with Crippen molar-refractivity contribution in [3.8, 4) is 5.75 Å². The molecule has 3 rings (SSSR count). The number of fused-ring (bicyclic) bond motifs is 2. The Labute approximate surface area is 205 Å². The van der Waals surface area contributed by atoms with Crippen molar-refractivity contribution in [1.29, 1.82) is 0 Å². The lowest BCUT2D eigenvalue weighted by Gasteiger charge is -2.19. The smallest absolute Gasteiger partial charge is 0.347 e. The summed E-state index contributed by atoms with van der Waals surface area (Å²) in [5, 5.41) is 4.53. The van der Waals surface area contributed by atoms with E-state index in [1.54, 1.807) is 0 Å². The second-order valence-electron chi connectivity index (χ2n) is 9.36. The van der Waals surface area contributed by atoms with Crippen LogP contribution in [0.5, 0.6) is 5.75 Å². The Bertz CT molecular complexity index is 1010. The van der Waals surface area contributed by atoms with Gasteiger partial charge in [-0.3, -0.25) is 0 Å². The molecule has 0 saturated heterocycles. The number of benzene rings is 3. The molecule has 1 atom stereocenters. The van der Waals surface area contributed by atoms with Gasteiger partial charge in [-0.15, -0.1) is 0 Å². The summed E-state index contributed by atoms with van der Waals surface area (Å²) < 4.78 is 11.7. The summed E-state index contributed by atoms with van der Waals surface area (Å²) in [5.74, 6) is 0.497. The maximum absolute atomic E-state index is 12.7. The molecule has 184 valence electrons. The lowest BCUT2D eigenvalue weighted by molar-refractivity contribution is -0.151. The van der Waals surface area contributed by atoms with Crippen molar-refractivity contribution in [2.45, 2.75) is 97.0 Å². The van der Waals surface area contributed by atoms with E-state index in [4.69, 9.17) is 9.47 Å². The van der Waals surface area contributed by atoms with Crippen molar-refractivity contribution in [3.63, 3.8) is 0 Å². The van der Waals surface area contributed by atoms with Crippen molar-refractivity contribution in [3.05, 3.63) is 54.6 Å². The molecular weight excluding hydrogens is 420 g/mol. The van der Waals surface area contributed by atoms with Crippen LogP contribution in [0.2, 0.25) is 0 Å². The second kappa shape index (κ2) is 14.7. The van der Waals surface area contributed by atoms with Gasteiger partial charge in [0, 0.05) is 5.39 Å². The minimum atomic E-state index is -0.560. The van der Waals surface area contributed by atoms with Gasteiger partial charge in [0.2, 0.25) is 0 Å². The number of carbonyl (C=O) groups excluding carboxylic acids is 1. The number of hydrogen-bond acceptors (Lipinski definition) is 3. The highest BCUT2D eigenvalue weighted by atomic mass is 16.6. The van der Waals surface area contributed by atoms with Crippen molar-refractivity contribution in [2.75, 3.05) is 6.61 Å². The molecule has 0 heterocycles. The first-order chi connectivity index (χ1) is 16.7. The number of ether oxygens (including phenoxy) is 2. The molecule has 0 fully saturated rings. The van der Waals surface area contributed by atoms with Gasteiger partial charge in [0.1, 0.15) is 5.75 Å². The van der Waals surface area contributed by atoms with E-state index in [2.05, 4.69) is 43.3 Å². The van der Waals surface area contributed by atoms with Crippen LogP contribution in [0.25, 0.3) is 21.5 Å². The SMILES string of the molecule is CCCCCCCCCCCCCC(Oc1cccc2cc3ccccc3cc12)C(=O)OCC. The van der Waals surface area contributed by atoms with E-state index in [9.17, 15) is 4.79 Å². The van der Waals surface area contributed by atoms with Gasteiger partial charge in [-0.1, -0.05) is 108 Å². The first-order valence-corrected chi connectivity index (χ1v) is 13.5. The zero-order chi connectivity index (χ0) is 24.0. The summed E-state index contributed by atoms with van der Waals surface area (Å²) in [7, 11) is 0. The number of esters is 1. The molecule has 0 spiro atoms. The van der Waals surface area contributed by atoms with Crippen LogP contribution in [0.4, 0.5) is 0 Å². The molecule has 0 N–H and O–H groups in total. The second-order valence-corrected chi connectivity index (χ2v) is 9.36. The molecule has 0 aliphatic carbocycles. The van der Waals surface area contributed by atoms with Crippen LogP contribution >= 0.6 is 0 Å². The molecule has 0 amide bonds. The quantitative estimate of drug-likeness (QED) is 0.121. The van der Waals surface area contributed by atoms with Gasteiger partial charge >= 0.3 is 5.97 Å². The molecule has 0 aromatic heterocycles. The van der Waals surface area contributed by atoms with Crippen molar-refractivity contribution >= 4 is 27.5 Å². The third-order valence-corrected chi connectivity index (χ3v) is 6.60. The molecule has 0 aliphatic heterocycles. The van der Waals surface area contributed by atoms with Crippen LogP contribution in [-0.2, 0) is 9.53 Å². The van der Waals surface area contributed by atoms with E-state index >= 15 is 0 Å². The Hall–Kier alpha value is -2.55. The minimum absolute atomic E-state index is 0.257. The average molecular weight is 463 g/mol. The predicted molar refractivity (Wildman–Crippen MR) is 144 cm³/mol. The van der Waals surface area contributed by atoms with Crippen LogP contribution in [0.15, 0.2) is 54.6 Å². The number of carbonyl (C=O) groups is 1. The Morgan fingerprint density at radius 3 is 1.94 bits per heavy atom. The molecule has 1 unspecified atom stereocenters. The standard InChI is InChI=1S/C31H42O3/c1-3-5-6-7-8-9-10-11-12-13-14-21-30(31(32)33-4-2)34-29-22-17-20-27-23-25-18-15-16-19-26(25)24-28(27)29/h15-20,22-24,30H,3-14,21H2,1-2H3. The molecule has 3 aromatic carbocycles. The summed E-state index contributed by atoms with van der Waals surface area (Å²) in [6.45, 7) is 4.49. The van der Waals surface area contributed by atoms with Gasteiger partial charge in [-0.2, -0.15) is 0 Å². The fraction of sp³-hybridized carbons (Fsp3) is 0.516. The summed E-state index contributed by atoms with van der Waals surface area (Å²) in [5.41, 5.74) is 0. The molecule has 3 nitrogen and oxygen atoms in total. The Balaban J connectivity index is 1.53. The van der Waals surface area contributed by atoms with E-state index < -0.39 is 6.10 Å². The average Bonchev–Trinajstić information content (AvgIpc) is 2.85. The molecule has 34 heavy (non-hydrogen) atoms. The molecule has 0 aliphatic rings. The van der Waals surface area contributed by atoms with Crippen LogP contribution < -0.4 is 4.74 Å². The van der Waals surface area contributed by atoms with Gasteiger partial charge in [0.05, 0.1) is 6.61 Å². The third-order valence-electron chi connectivity index (χ3n) is 6.60. The molecule has 0 saturated carbocycles. The summed E-state index contributed by atoms with van der Waals surface area (Å²) in [4.78, 5) is 12.7. The van der Waals surface area contributed by atoms with Crippen LogP contribution in [-0.4, -0.2) is 18.7 Å². The Morgan fingerprint density at radius 1 is 0.706 bits per heavy atom. The molecule has 0 radical (unpaired) electrons. The van der Waals surface area contributed by atoms with E-state index in [-0.39, 0.29) is 5.97 Å². The number of unbranched alkanes of at least 4 members (excludes halogenated alkanes) is 10. The van der Waals surface area contributed by atoms with Gasteiger partial charge in [-0.25, -0.2) is 4.79 Å². The third kappa shape index (κ3) is 8.04. The van der Waals surface area contributed by atoms with Crippen molar-refractivity contribution in [2.24, 2.45) is 0 Å². The molecule has 3 heteroatoms.